The molecule has 0 saturated heterocycles. The Balaban J connectivity index is 0.000000179. The van der Waals surface area contributed by atoms with Crippen molar-refractivity contribution < 1.29 is 24.5 Å². The molecule has 1 aliphatic rings. The number of nitrogens with zero attached hydrogens (tertiary/aromatic N) is 3. The molecular weight excluding hydrogens is 759 g/mol. The molecule has 1 aliphatic carbocycles. The number of furan rings is 1. The molecular formula is C40H43IrN3OSi-2. The van der Waals surface area contributed by atoms with Crippen LogP contribution < -0.4 is 5.19 Å². The quantitative estimate of drug-likeness (QED) is 0.132. The van der Waals surface area contributed by atoms with Crippen molar-refractivity contribution in [2.24, 2.45) is 5.41 Å². The molecule has 0 N–H and O–H groups in total. The van der Waals surface area contributed by atoms with E-state index in [-0.39, 0.29) is 25.5 Å². The molecule has 0 unspecified atom stereocenters. The zero-order valence-corrected chi connectivity index (χ0v) is 31.4. The second-order valence-corrected chi connectivity index (χ2v) is 19.5. The largest absolute Gasteiger partial charge is 0.486 e. The fourth-order valence-corrected chi connectivity index (χ4v) is 7.93. The summed E-state index contributed by atoms with van der Waals surface area (Å²) in [6, 6.07) is 27.3. The fourth-order valence-electron chi connectivity index (χ4n) is 6.36. The van der Waals surface area contributed by atoms with Gasteiger partial charge < -0.3 is 14.4 Å². The van der Waals surface area contributed by atoms with E-state index in [2.05, 4.69) is 99.0 Å². The zero-order valence-electron chi connectivity index (χ0n) is 28.0. The molecule has 6 aromatic rings. The van der Waals surface area contributed by atoms with Crippen LogP contribution >= 0.6 is 0 Å². The van der Waals surface area contributed by atoms with Crippen LogP contribution in [0.15, 0.2) is 77.5 Å². The van der Waals surface area contributed by atoms with Gasteiger partial charge in [-0.05, 0) is 79.2 Å². The molecule has 4 nitrogen and oxygen atoms in total. The number of benzene rings is 2. The van der Waals surface area contributed by atoms with Crippen LogP contribution in [0.2, 0.25) is 19.6 Å². The van der Waals surface area contributed by atoms with Crippen LogP contribution in [0.4, 0.5) is 0 Å². The Morgan fingerprint density at radius 2 is 1.70 bits per heavy atom. The molecule has 0 amide bonds. The molecule has 0 spiro atoms. The van der Waals surface area contributed by atoms with Crippen molar-refractivity contribution in [2.75, 3.05) is 0 Å². The second kappa shape index (κ2) is 13.7. The number of aromatic nitrogens is 3. The zero-order chi connectivity index (χ0) is 31.8. The smallest absolute Gasteiger partial charge is 0.216 e. The molecule has 0 aliphatic heterocycles. The number of aryl methyl sites for hydroxylation is 2. The summed E-state index contributed by atoms with van der Waals surface area (Å²) in [5, 5.41) is 3.62. The van der Waals surface area contributed by atoms with E-state index in [0.29, 0.717) is 5.71 Å². The summed E-state index contributed by atoms with van der Waals surface area (Å²) in [5.41, 5.74) is 11.1. The number of pyridine rings is 3. The van der Waals surface area contributed by atoms with Crippen LogP contribution in [0, 0.1) is 24.5 Å². The first kappa shape index (κ1) is 33.9. The van der Waals surface area contributed by atoms with Gasteiger partial charge in [-0.3, -0.25) is 0 Å². The monoisotopic (exact) mass is 802 g/mol. The van der Waals surface area contributed by atoms with Crippen molar-refractivity contribution in [3.05, 3.63) is 108 Å². The van der Waals surface area contributed by atoms with Crippen molar-refractivity contribution >= 4 is 35.3 Å². The summed E-state index contributed by atoms with van der Waals surface area (Å²) >= 11 is 0. The first-order valence-electron chi connectivity index (χ1n) is 16.1. The number of rotatable bonds is 4. The van der Waals surface area contributed by atoms with Gasteiger partial charge in [0, 0.05) is 43.6 Å². The van der Waals surface area contributed by atoms with Gasteiger partial charge in [-0.25, -0.2) is 4.98 Å². The van der Waals surface area contributed by atoms with Crippen molar-refractivity contribution in [3.8, 4) is 22.5 Å². The Morgan fingerprint density at radius 1 is 0.891 bits per heavy atom. The van der Waals surface area contributed by atoms with E-state index >= 15 is 0 Å². The number of fused-ring (bicyclic) bond motifs is 4. The minimum Gasteiger partial charge on any atom is -0.486 e. The van der Waals surface area contributed by atoms with E-state index in [4.69, 9.17) is 9.40 Å². The van der Waals surface area contributed by atoms with Gasteiger partial charge in [-0.15, -0.1) is 54.1 Å². The molecule has 0 atom stereocenters. The van der Waals surface area contributed by atoms with Crippen molar-refractivity contribution in [1.29, 1.82) is 0 Å². The van der Waals surface area contributed by atoms with E-state index in [1.54, 1.807) is 0 Å². The predicted molar refractivity (Wildman–Crippen MR) is 190 cm³/mol. The maximum Gasteiger partial charge on any atom is 0.216 e. The average Bonchev–Trinajstić information content (AvgIpc) is 3.38. The van der Waals surface area contributed by atoms with Crippen molar-refractivity contribution in [2.45, 2.75) is 79.4 Å². The Morgan fingerprint density at radius 3 is 2.43 bits per heavy atom. The summed E-state index contributed by atoms with van der Waals surface area (Å²) in [4.78, 5) is 13.9. The molecule has 0 fully saturated rings. The van der Waals surface area contributed by atoms with Crippen LogP contribution in [0.5, 0.6) is 0 Å². The van der Waals surface area contributed by atoms with Gasteiger partial charge in [0.25, 0.3) is 0 Å². The van der Waals surface area contributed by atoms with E-state index in [1.807, 2.05) is 43.5 Å². The molecule has 239 valence electrons. The average molecular weight is 802 g/mol. The normalized spacial score (nSPS) is 13.1. The number of hydrogen-bond donors (Lipinski definition) is 0. The van der Waals surface area contributed by atoms with Crippen LogP contribution in [0.25, 0.3) is 44.6 Å². The molecule has 4 aromatic heterocycles. The van der Waals surface area contributed by atoms with Crippen LogP contribution in [0.3, 0.4) is 0 Å². The summed E-state index contributed by atoms with van der Waals surface area (Å²) < 4.78 is 6.13. The Kier molecular flexibility index (Phi) is 10.1. The topological polar surface area (TPSA) is 51.8 Å². The molecule has 46 heavy (non-hydrogen) atoms. The molecule has 4 heterocycles. The van der Waals surface area contributed by atoms with Gasteiger partial charge in [-0.1, -0.05) is 74.1 Å². The van der Waals surface area contributed by atoms with E-state index in [9.17, 15) is 0 Å². The van der Waals surface area contributed by atoms with Gasteiger partial charge in [0.2, 0.25) is 5.71 Å². The first-order chi connectivity index (χ1) is 21.5. The SMILES string of the molecule is CC(C)(C)Cc1cc(-c2[c-]cccc2)ncc1[Si](C)(C)C.Cc1ccc2c(n1)oc1c(-c3nccc4c3CCCC4)[c-]ccc12.[Ir]. The first-order valence-corrected chi connectivity index (χ1v) is 19.6. The van der Waals surface area contributed by atoms with Gasteiger partial charge >= 0.3 is 0 Å². The Labute approximate surface area is 288 Å². The Bertz CT molecular complexity index is 1970. The summed E-state index contributed by atoms with van der Waals surface area (Å²) in [6.45, 7) is 16.1. The maximum atomic E-state index is 6.13. The van der Waals surface area contributed by atoms with Crippen molar-refractivity contribution in [3.63, 3.8) is 0 Å². The van der Waals surface area contributed by atoms with Gasteiger partial charge in [0.1, 0.15) is 0 Å². The third-order valence-electron chi connectivity index (χ3n) is 8.45. The van der Waals surface area contributed by atoms with Crippen LogP contribution in [-0.2, 0) is 39.4 Å². The van der Waals surface area contributed by atoms with Gasteiger partial charge in [0.15, 0.2) is 0 Å². The molecule has 0 saturated carbocycles. The minimum atomic E-state index is -1.37. The molecule has 0 bridgehead atoms. The van der Waals surface area contributed by atoms with Crippen LogP contribution in [-0.4, -0.2) is 23.0 Å². The van der Waals surface area contributed by atoms with E-state index < -0.39 is 8.07 Å². The van der Waals surface area contributed by atoms with Crippen molar-refractivity contribution in [1.82, 2.24) is 15.0 Å². The summed E-state index contributed by atoms with van der Waals surface area (Å²) in [5.74, 6) is 0. The minimum absolute atomic E-state index is 0. The van der Waals surface area contributed by atoms with Gasteiger partial charge in [-0.2, -0.15) is 0 Å². The van der Waals surface area contributed by atoms with Crippen LogP contribution in [0.1, 0.15) is 56.0 Å². The standard InChI is InChI=1S/C21H17N2O.C19H26NSi.Ir/c1-13-9-10-17-16-7-4-8-18(20(16)24-21(17)23-13)19-15-6-3-2-5-14(15)11-12-22-19;1-19(2,3)13-16-12-17(15-10-8-7-9-11-15)20-14-18(16)21(4,5)6;/h4,7,9-12H,2-3,5-6H2,1H3;7-10,12,14H,13H2,1-6H3;/q2*-1;. The van der Waals surface area contributed by atoms with E-state index in [1.165, 1.54) is 34.7 Å². The third-order valence-corrected chi connectivity index (χ3v) is 10.5. The summed E-state index contributed by atoms with van der Waals surface area (Å²) in [6.07, 6.45) is 9.83. The second-order valence-electron chi connectivity index (χ2n) is 14.5. The molecule has 7 rings (SSSR count). The Hall–Kier alpha value is -3.44. The van der Waals surface area contributed by atoms with Gasteiger partial charge in [0.05, 0.1) is 13.7 Å². The molecule has 2 aromatic carbocycles. The predicted octanol–water partition coefficient (Wildman–Crippen LogP) is 9.71. The maximum absolute atomic E-state index is 6.13. The summed E-state index contributed by atoms with van der Waals surface area (Å²) in [7, 11) is -1.37. The molecule has 6 heteroatoms. The third kappa shape index (κ3) is 7.41. The fraction of sp³-hybridized carbons (Fsp3) is 0.325. The number of hydrogen-bond acceptors (Lipinski definition) is 4. The van der Waals surface area contributed by atoms with E-state index in [0.717, 1.165) is 63.8 Å². The molecule has 1 radical (unpaired) electrons.